The fourth-order valence-electron chi connectivity index (χ4n) is 3.50. The van der Waals surface area contributed by atoms with Crippen molar-refractivity contribution in [3.05, 3.63) is 54.1 Å². The van der Waals surface area contributed by atoms with Crippen molar-refractivity contribution in [3.63, 3.8) is 0 Å². The molecule has 0 aliphatic rings. The topological polar surface area (TPSA) is 116 Å². The maximum Gasteiger partial charge on any atom is 0.319 e. The van der Waals surface area contributed by atoms with Gasteiger partial charge in [-0.3, -0.25) is 9.52 Å². The molecule has 0 aromatic heterocycles. The van der Waals surface area contributed by atoms with E-state index in [1.165, 1.54) is 25.7 Å². The van der Waals surface area contributed by atoms with Gasteiger partial charge in [0, 0.05) is 17.9 Å². The highest BCUT2D eigenvalue weighted by Gasteiger charge is 2.18. The average molecular weight is 517 g/mol. The molecule has 0 aliphatic carbocycles. The Kier molecular flexibility index (Phi) is 11.2. The Balaban J connectivity index is 1.76. The third-order valence-electron chi connectivity index (χ3n) is 5.69. The molecule has 36 heavy (non-hydrogen) atoms. The highest BCUT2D eigenvalue weighted by Crippen LogP contribution is 2.24. The van der Waals surface area contributed by atoms with Gasteiger partial charge in [-0.25, -0.2) is 13.2 Å². The standard InChI is InChI=1S/C27H40N4O4S/c1-5-6-7-8-9-10-19-28-25(32)20-29-26(33)30-22-13-15-23(16-14-22)31-36(34,35)24-17-11-21(12-18-24)27(2,3)4/h11-18,31H,5-10,19-20H2,1-4H3,(H,28,32)(H2,29,30,33). The van der Waals surface area contributed by atoms with Crippen LogP contribution in [-0.2, 0) is 20.2 Å². The van der Waals surface area contributed by atoms with Crippen molar-refractivity contribution < 1.29 is 18.0 Å². The predicted molar refractivity (Wildman–Crippen MR) is 146 cm³/mol. The zero-order chi connectivity index (χ0) is 26.6. The van der Waals surface area contributed by atoms with E-state index < -0.39 is 16.1 Å². The molecule has 0 unspecified atom stereocenters. The maximum absolute atomic E-state index is 12.7. The molecule has 3 amide bonds. The summed E-state index contributed by atoms with van der Waals surface area (Å²) in [4.78, 5) is 24.1. The third kappa shape index (κ3) is 10.3. The van der Waals surface area contributed by atoms with Gasteiger partial charge in [0.2, 0.25) is 5.91 Å². The lowest BCUT2D eigenvalue weighted by atomic mass is 9.87. The molecule has 0 heterocycles. The summed E-state index contributed by atoms with van der Waals surface area (Å²) in [7, 11) is -3.74. The van der Waals surface area contributed by atoms with Crippen molar-refractivity contribution in [1.82, 2.24) is 10.6 Å². The van der Waals surface area contributed by atoms with Gasteiger partial charge in [-0.2, -0.15) is 0 Å². The van der Waals surface area contributed by atoms with Crippen LogP contribution in [0.1, 0.15) is 71.8 Å². The number of anilines is 2. The number of hydrogen-bond acceptors (Lipinski definition) is 4. The zero-order valence-electron chi connectivity index (χ0n) is 21.8. The SMILES string of the molecule is CCCCCCCCNC(=O)CNC(=O)Nc1ccc(NS(=O)(=O)c2ccc(C(C)(C)C)cc2)cc1. The predicted octanol–water partition coefficient (Wildman–Crippen LogP) is 5.38. The monoisotopic (exact) mass is 516 g/mol. The first-order valence-electron chi connectivity index (χ1n) is 12.6. The minimum atomic E-state index is -3.74. The molecule has 0 spiro atoms. The summed E-state index contributed by atoms with van der Waals surface area (Å²) in [5.41, 5.74) is 1.82. The van der Waals surface area contributed by atoms with E-state index in [1.807, 2.05) is 12.1 Å². The van der Waals surface area contributed by atoms with Crippen LogP contribution >= 0.6 is 0 Å². The zero-order valence-corrected chi connectivity index (χ0v) is 22.6. The van der Waals surface area contributed by atoms with Crippen LogP contribution in [0.4, 0.5) is 16.2 Å². The first-order valence-corrected chi connectivity index (χ1v) is 14.0. The molecule has 198 valence electrons. The van der Waals surface area contributed by atoms with Crippen molar-refractivity contribution in [2.45, 2.75) is 76.5 Å². The molecule has 0 saturated carbocycles. The van der Waals surface area contributed by atoms with E-state index in [0.717, 1.165) is 18.4 Å². The third-order valence-corrected chi connectivity index (χ3v) is 7.08. The highest BCUT2D eigenvalue weighted by molar-refractivity contribution is 7.92. The lowest BCUT2D eigenvalue weighted by Gasteiger charge is -2.19. The molecule has 2 aromatic carbocycles. The maximum atomic E-state index is 12.7. The molecule has 0 atom stereocenters. The van der Waals surface area contributed by atoms with Crippen LogP contribution in [0.25, 0.3) is 0 Å². The van der Waals surface area contributed by atoms with Gasteiger partial charge in [-0.05, 0) is 53.8 Å². The molecule has 0 fully saturated rings. The molecule has 2 aromatic rings. The summed E-state index contributed by atoms with van der Waals surface area (Å²) in [6, 6.07) is 12.6. The summed E-state index contributed by atoms with van der Waals surface area (Å²) >= 11 is 0. The van der Waals surface area contributed by atoms with Gasteiger partial charge < -0.3 is 16.0 Å². The smallest absolute Gasteiger partial charge is 0.319 e. The Bertz CT molecular complexity index is 1080. The summed E-state index contributed by atoms with van der Waals surface area (Å²) in [5, 5.41) is 7.94. The second-order valence-electron chi connectivity index (χ2n) is 9.88. The fraction of sp³-hybridized carbons (Fsp3) is 0.481. The Morgan fingerprint density at radius 3 is 1.97 bits per heavy atom. The minimum Gasteiger partial charge on any atom is -0.355 e. The number of hydrogen-bond donors (Lipinski definition) is 4. The largest absolute Gasteiger partial charge is 0.355 e. The normalized spacial score (nSPS) is 11.6. The highest BCUT2D eigenvalue weighted by atomic mass is 32.2. The molecular weight excluding hydrogens is 476 g/mol. The number of carbonyl (C=O) groups excluding carboxylic acids is 2. The minimum absolute atomic E-state index is 0.0673. The van der Waals surface area contributed by atoms with E-state index in [2.05, 4.69) is 48.4 Å². The summed E-state index contributed by atoms with van der Waals surface area (Å²) in [6.07, 6.45) is 6.87. The van der Waals surface area contributed by atoms with Crippen molar-refractivity contribution in [1.29, 1.82) is 0 Å². The number of unbranched alkanes of at least 4 members (excludes halogenated alkanes) is 5. The number of rotatable bonds is 13. The van der Waals surface area contributed by atoms with Crippen LogP contribution in [0.3, 0.4) is 0 Å². The first-order chi connectivity index (χ1) is 17.0. The second-order valence-corrected chi connectivity index (χ2v) is 11.6. The molecule has 9 heteroatoms. The molecule has 2 rings (SSSR count). The number of urea groups is 1. The lowest BCUT2D eigenvalue weighted by Crippen LogP contribution is -2.39. The van der Waals surface area contributed by atoms with Crippen LogP contribution in [0, 0.1) is 0 Å². The number of nitrogens with one attached hydrogen (secondary N) is 4. The van der Waals surface area contributed by atoms with E-state index in [0.29, 0.717) is 17.9 Å². The van der Waals surface area contributed by atoms with Crippen LogP contribution in [0.2, 0.25) is 0 Å². The first kappa shape index (κ1) is 29.2. The van der Waals surface area contributed by atoms with E-state index in [-0.39, 0.29) is 22.8 Å². The second kappa shape index (κ2) is 13.9. The number of sulfonamides is 1. The van der Waals surface area contributed by atoms with Gasteiger partial charge in [0.1, 0.15) is 0 Å². The van der Waals surface area contributed by atoms with Gasteiger partial charge in [0.25, 0.3) is 10.0 Å². The van der Waals surface area contributed by atoms with Crippen LogP contribution in [-0.4, -0.2) is 33.4 Å². The Morgan fingerprint density at radius 1 is 0.778 bits per heavy atom. The molecule has 0 radical (unpaired) electrons. The summed E-state index contributed by atoms with van der Waals surface area (Å²) in [5.74, 6) is -0.237. The van der Waals surface area contributed by atoms with Crippen LogP contribution in [0.15, 0.2) is 53.4 Å². The van der Waals surface area contributed by atoms with Crippen LogP contribution < -0.4 is 20.7 Å². The molecule has 0 bridgehead atoms. The van der Waals surface area contributed by atoms with Gasteiger partial charge in [0.15, 0.2) is 0 Å². The summed E-state index contributed by atoms with van der Waals surface area (Å²) < 4.78 is 27.9. The van der Waals surface area contributed by atoms with Crippen LogP contribution in [0.5, 0.6) is 0 Å². The van der Waals surface area contributed by atoms with Crippen molar-refractivity contribution in [3.8, 4) is 0 Å². The molecular formula is C27H40N4O4S. The molecule has 0 saturated heterocycles. The summed E-state index contributed by atoms with van der Waals surface area (Å²) in [6.45, 7) is 8.86. The van der Waals surface area contributed by atoms with Gasteiger partial charge >= 0.3 is 6.03 Å². The number of carbonyl (C=O) groups is 2. The average Bonchev–Trinajstić information content (AvgIpc) is 2.83. The fourth-order valence-corrected chi connectivity index (χ4v) is 4.56. The van der Waals surface area contributed by atoms with Gasteiger partial charge in [-0.1, -0.05) is 71.9 Å². The number of benzene rings is 2. The Labute approximate surface area is 215 Å². The molecule has 4 N–H and O–H groups in total. The van der Waals surface area contributed by atoms with E-state index >= 15 is 0 Å². The quantitative estimate of drug-likeness (QED) is 0.267. The van der Waals surface area contributed by atoms with Crippen molar-refractivity contribution in [2.75, 3.05) is 23.1 Å². The van der Waals surface area contributed by atoms with Crippen molar-refractivity contribution in [2.24, 2.45) is 0 Å². The van der Waals surface area contributed by atoms with Gasteiger partial charge in [0.05, 0.1) is 11.4 Å². The van der Waals surface area contributed by atoms with Gasteiger partial charge in [-0.15, -0.1) is 0 Å². The Morgan fingerprint density at radius 2 is 1.36 bits per heavy atom. The van der Waals surface area contributed by atoms with Crippen molar-refractivity contribution >= 4 is 33.3 Å². The Hall–Kier alpha value is -3.07. The lowest BCUT2D eigenvalue weighted by molar-refractivity contribution is -0.120. The molecule has 8 nitrogen and oxygen atoms in total. The number of amides is 3. The van der Waals surface area contributed by atoms with E-state index in [1.54, 1.807) is 36.4 Å². The van der Waals surface area contributed by atoms with E-state index in [9.17, 15) is 18.0 Å². The van der Waals surface area contributed by atoms with E-state index in [4.69, 9.17) is 0 Å². The molecule has 0 aliphatic heterocycles.